The van der Waals surface area contributed by atoms with Gasteiger partial charge in [0.25, 0.3) is 0 Å². The van der Waals surface area contributed by atoms with E-state index in [0.29, 0.717) is 4.90 Å². The summed E-state index contributed by atoms with van der Waals surface area (Å²) < 4.78 is 23.4. The molecule has 1 saturated carbocycles. The van der Waals surface area contributed by atoms with Crippen LogP contribution in [-0.4, -0.2) is 44.9 Å². The second kappa shape index (κ2) is 7.83. The van der Waals surface area contributed by atoms with Gasteiger partial charge in [-0.1, -0.05) is 23.7 Å². The maximum atomic E-state index is 11.7. The van der Waals surface area contributed by atoms with Gasteiger partial charge < -0.3 is 10.6 Å². The molecule has 4 rings (SSSR count). The maximum absolute atomic E-state index is 11.7. The van der Waals surface area contributed by atoms with Gasteiger partial charge >= 0.3 is 0 Å². The molecule has 162 valence electrons. The molecule has 0 atom stereocenters. The number of benzene rings is 2. The number of halogens is 1. The van der Waals surface area contributed by atoms with Crippen molar-refractivity contribution in [2.75, 3.05) is 30.9 Å². The lowest BCUT2D eigenvalue weighted by molar-refractivity contribution is 0.0635. The van der Waals surface area contributed by atoms with E-state index in [-0.39, 0.29) is 11.1 Å². The number of hydrogen-bond donors (Lipinski definition) is 1. The molecule has 1 aliphatic heterocycles. The summed E-state index contributed by atoms with van der Waals surface area (Å²) >= 11 is 6.19. The Morgan fingerprint density at radius 3 is 2.27 bits per heavy atom. The minimum atomic E-state index is -3.17. The van der Waals surface area contributed by atoms with Crippen molar-refractivity contribution in [2.24, 2.45) is 5.73 Å². The number of nitrogens with two attached hydrogens (primary N) is 1. The zero-order valence-corrected chi connectivity index (χ0v) is 19.2. The van der Waals surface area contributed by atoms with Gasteiger partial charge in [0.15, 0.2) is 9.84 Å². The molecule has 1 saturated heterocycles. The SMILES string of the molecule is CC1(N2CCN(c3ccc(S(C)(=O)=O)cc3)C2)CCC(N)(c2cccc(Cl)c2)CC1. The van der Waals surface area contributed by atoms with E-state index in [1.807, 2.05) is 30.3 Å². The molecule has 0 bridgehead atoms. The summed E-state index contributed by atoms with van der Waals surface area (Å²) in [5.41, 5.74) is 8.80. The average molecular weight is 448 g/mol. The lowest BCUT2D eigenvalue weighted by Gasteiger charge is -2.47. The van der Waals surface area contributed by atoms with E-state index in [1.54, 1.807) is 12.1 Å². The lowest BCUT2D eigenvalue weighted by atomic mass is 9.70. The van der Waals surface area contributed by atoms with Crippen molar-refractivity contribution >= 4 is 27.1 Å². The van der Waals surface area contributed by atoms with Gasteiger partial charge in [-0.15, -0.1) is 0 Å². The summed E-state index contributed by atoms with van der Waals surface area (Å²) in [4.78, 5) is 5.23. The Morgan fingerprint density at radius 2 is 1.67 bits per heavy atom. The topological polar surface area (TPSA) is 66.6 Å². The Bertz CT molecular complexity index is 1010. The predicted octanol–water partition coefficient (Wildman–Crippen LogP) is 4.01. The standard InChI is InChI=1S/C23H30ClN3O2S/c1-22(10-12-23(25,13-11-22)18-4-3-5-19(24)16-18)27-15-14-26(17-27)20-6-8-21(9-7-20)30(2,28)29/h3-9,16H,10-15,17,25H2,1-2H3. The first-order valence-electron chi connectivity index (χ1n) is 10.4. The molecule has 30 heavy (non-hydrogen) atoms. The molecule has 2 aromatic carbocycles. The Morgan fingerprint density at radius 1 is 1.00 bits per heavy atom. The molecule has 2 N–H and O–H groups in total. The van der Waals surface area contributed by atoms with Crippen LogP contribution in [-0.2, 0) is 15.4 Å². The highest BCUT2D eigenvalue weighted by atomic mass is 35.5. The molecule has 0 unspecified atom stereocenters. The molecule has 1 aliphatic carbocycles. The Balaban J connectivity index is 1.42. The summed E-state index contributed by atoms with van der Waals surface area (Å²) in [7, 11) is -3.17. The summed E-state index contributed by atoms with van der Waals surface area (Å²) in [6, 6.07) is 15.2. The van der Waals surface area contributed by atoms with Crippen molar-refractivity contribution in [2.45, 2.75) is 48.6 Å². The number of anilines is 1. The first kappa shape index (κ1) is 21.6. The van der Waals surface area contributed by atoms with E-state index in [2.05, 4.69) is 22.8 Å². The lowest BCUT2D eigenvalue weighted by Crippen LogP contribution is -2.53. The molecule has 1 heterocycles. The number of nitrogens with zero attached hydrogens (tertiary/aromatic N) is 2. The van der Waals surface area contributed by atoms with Crippen molar-refractivity contribution in [1.82, 2.24) is 4.90 Å². The highest BCUT2D eigenvalue weighted by Gasteiger charge is 2.43. The van der Waals surface area contributed by atoms with Gasteiger partial charge in [0.05, 0.1) is 11.6 Å². The average Bonchev–Trinajstić information content (AvgIpc) is 3.21. The molecule has 0 aromatic heterocycles. The van der Waals surface area contributed by atoms with Crippen molar-refractivity contribution < 1.29 is 8.42 Å². The monoisotopic (exact) mass is 447 g/mol. The fourth-order valence-corrected chi connectivity index (χ4v) is 5.60. The Kier molecular flexibility index (Phi) is 5.64. The molecule has 2 aliphatic rings. The van der Waals surface area contributed by atoms with E-state index in [1.165, 1.54) is 6.26 Å². The van der Waals surface area contributed by atoms with E-state index in [0.717, 1.165) is 61.7 Å². The fraction of sp³-hybridized carbons (Fsp3) is 0.478. The predicted molar refractivity (Wildman–Crippen MR) is 123 cm³/mol. The maximum Gasteiger partial charge on any atom is 0.175 e. The van der Waals surface area contributed by atoms with Gasteiger partial charge in [0, 0.05) is 41.1 Å². The highest BCUT2D eigenvalue weighted by molar-refractivity contribution is 7.90. The van der Waals surface area contributed by atoms with E-state index >= 15 is 0 Å². The summed E-state index contributed by atoms with van der Waals surface area (Å²) in [5, 5.41) is 0.739. The van der Waals surface area contributed by atoms with Crippen LogP contribution in [0.1, 0.15) is 38.2 Å². The summed E-state index contributed by atoms with van der Waals surface area (Å²) in [6.45, 7) is 5.14. The second-order valence-corrected chi connectivity index (χ2v) is 11.5. The minimum Gasteiger partial charge on any atom is -0.357 e. The van der Waals surface area contributed by atoms with Gasteiger partial charge in [-0.25, -0.2) is 8.42 Å². The third-order valence-corrected chi connectivity index (χ3v) is 8.36. The van der Waals surface area contributed by atoms with Crippen LogP contribution in [0, 0.1) is 0 Å². The smallest absolute Gasteiger partial charge is 0.175 e. The van der Waals surface area contributed by atoms with Crippen molar-refractivity contribution in [3.63, 3.8) is 0 Å². The van der Waals surface area contributed by atoms with Crippen molar-refractivity contribution in [3.05, 3.63) is 59.1 Å². The van der Waals surface area contributed by atoms with Gasteiger partial charge in [0.2, 0.25) is 0 Å². The molecule has 0 amide bonds. The molecular formula is C23H30ClN3O2S. The van der Waals surface area contributed by atoms with Crippen LogP contribution in [0.3, 0.4) is 0 Å². The van der Waals surface area contributed by atoms with Crippen LogP contribution < -0.4 is 10.6 Å². The molecule has 2 aromatic rings. The van der Waals surface area contributed by atoms with E-state index < -0.39 is 9.84 Å². The highest BCUT2D eigenvalue weighted by Crippen LogP contribution is 2.43. The van der Waals surface area contributed by atoms with Crippen LogP contribution in [0.2, 0.25) is 5.02 Å². The molecule has 5 nitrogen and oxygen atoms in total. The van der Waals surface area contributed by atoms with Crippen LogP contribution >= 0.6 is 11.6 Å². The third kappa shape index (κ3) is 4.24. The van der Waals surface area contributed by atoms with Crippen LogP contribution in [0.4, 0.5) is 5.69 Å². The number of sulfone groups is 1. The third-order valence-electron chi connectivity index (χ3n) is 6.99. The Hall–Kier alpha value is -1.60. The van der Waals surface area contributed by atoms with E-state index in [9.17, 15) is 8.42 Å². The Labute approximate surface area is 184 Å². The number of rotatable bonds is 4. The number of hydrogen-bond acceptors (Lipinski definition) is 5. The van der Waals surface area contributed by atoms with Gasteiger partial charge in [-0.2, -0.15) is 0 Å². The quantitative estimate of drug-likeness (QED) is 0.766. The zero-order chi connectivity index (χ0) is 21.6. The van der Waals surface area contributed by atoms with Crippen LogP contribution in [0.15, 0.2) is 53.4 Å². The van der Waals surface area contributed by atoms with Gasteiger partial charge in [-0.3, -0.25) is 4.90 Å². The first-order chi connectivity index (χ1) is 14.1. The first-order valence-corrected chi connectivity index (χ1v) is 12.7. The fourth-order valence-electron chi connectivity index (χ4n) is 4.78. The van der Waals surface area contributed by atoms with Crippen LogP contribution in [0.5, 0.6) is 0 Å². The largest absolute Gasteiger partial charge is 0.357 e. The summed E-state index contributed by atoms with van der Waals surface area (Å²) in [5.74, 6) is 0. The second-order valence-electron chi connectivity index (χ2n) is 9.10. The normalized spacial score (nSPS) is 28.1. The summed E-state index contributed by atoms with van der Waals surface area (Å²) in [6.07, 6.45) is 5.19. The van der Waals surface area contributed by atoms with Crippen molar-refractivity contribution in [3.8, 4) is 0 Å². The molecular weight excluding hydrogens is 418 g/mol. The van der Waals surface area contributed by atoms with E-state index in [4.69, 9.17) is 17.3 Å². The van der Waals surface area contributed by atoms with Crippen molar-refractivity contribution in [1.29, 1.82) is 0 Å². The molecule has 0 spiro atoms. The molecule has 2 fully saturated rings. The minimum absolute atomic E-state index is 0.114. The van der Waals surface area contributed by atoms with Gasteiger partial charge in [0.1, 0.15) is 0 Å². The van der Waals surface area contributed by atoms with Gasteiger partial charge in [-0.05, 0) is 74.6 Å². The van der Waals surface area contributed by atoms with Crippen LogP contribution in [0.25, 0.3) is 0 Å². The molecule has 0 radical (unpaired) electrons. The molecule has 7 heteroatoms. The zero-order valence-electron chi connectivity index (χ0n) is 17.6.